The molecule has 0 radical (unpaired) electrons. The first-order chi connectivity index (χ1) is 7.38. The molecule has 1 N–H and O–H groups in total. The maximum Gasteiger partial charge on any atom is 0.122 e. The molecule has 15 heavy (non-hydrogen) atoms. The quantitative estimate of drug-likeness (QED) is 0.824. The number of hydrogen-bond donors (Lipinski definition) is 1. The van der Waals surface area contributed by atoms with E-state index in [-0.39, 0.29) is 0 Å². The lowest BCUT2D eigenvalue weighted by atomic mass is 9.88. The highest BCUT2D eigenvalue weighted by Gasteiger charge is 2.21. The Hall–Kier alpha value is -1.09. The van der Waals surface area contributed by atoms with Gasteiger partial charge in [0.2, 0.25) is 0 Å². The fourth-order valence-electron chi connectivity index (χ4n) is 2.04. The second-order valence-corrected chi connectivity index (χ2v) is 4.13. The van der Waals surface area contributed by atoms with Crippen molar-refractivity contribution in [3.8, 4) is 5.75 Å². The largest absolute Gasteiger partial charge is 0.490 e. The maximum absolute atomic E-state index is 9.02. The fraction of sp³-hybridized carbons (Fsp3) is 0.583. The van der Waals surface area contributed by atoms with Gasteiger partial charge in [0.25, 0.3) is 0 Å². The zero-order chi connectivity index (χ0) is 10.5. The smallest absolute Gasteiger partial charge is 0.122 e. The summed E-state index contributed by atoms with van der Waals surface area (Å²) >= 11 is 0. The van der Waals surface area contributed by atoms with E-state index in [0.29, 0.717) is 18.6 Å². The molecule has 2 rings (SSSR count). The lowest BCUT2D eigenvalue weighted by Gasteiger charge is -2.27. The third-order valence-electron chi connectivity index (χ3n) is 3.00. The van der Waals surface area contributed by atoms with Crippen molar-refractivity contribution in [2.75, 3.05) is 6.61 Å². The molecule has 1 aliphatic carbocycles. The van der Waals surface area contributed by atoms with Crippen LogP contribution >= 0.6 is 0 Å². The molecule has 0 bridgehead atoms. The monoisotopic (exact) mass is 207 g/mol. The Morgan fingerprint density at radius 1 is 1.20 bits per heavy atom. The van der Waals surface area contributed by atoms with Crippen LogP contribution in [0.4, 0.5) is 0 Å². The van der Waals surface area contributed by atoms with Crippen LogP contribution in [0.5, 0.6) is 5.75 Å². The van der Waals surface area contributed by atoms with Gasteiger partial charge in [0.1, 0.15) is 5.75 Å². The molecule has 1 heterocycles. The van der Waals surface area contributed by atoms with Crippen molar-refractivity contribution in [1.82, 2.24) is 4.98 Å². The van der Waals surface area contributed by atoms with Crippen LogP contribution in [0.2, 0.25) is 0 Å². The van der Waals surface area contributed by atoms with Gasteiger partial charge < -0.3 is 9.84 Å². The van der Waals surface area contributed by atoms with Crippen molar-refractivity contribution in [1.29, 1.82) is 0 Å². The maximum atomic E-state index is 9.02. The van der Waals surface area contributed by atoms with Crippen molar-refractivity contribution in [3.63, 3.8) is 0 Å². The number of pyridine rings is 1. The van der Waals surface area contributed by atoms with Gasteiger partial charge in [0, 0.05) is 19.0 Å². The van der Waals surface area contributed by atoms with E-state index in [2.05, 4.69) is 4.98 Å². The molecule has 82 valence electrons. The lowest BCUT2D eigenvalue weighted by Crippen LogP contribution is -2.25. The Morgan fingerprint density at radius 3 is 2.47 bits per heavy atom. The summed E-state index contributed by atoms with van der Waals surface area (Å²) in [5.41, 5.74) is 0. The number of aliphatic hydroxyl groups is 1. The third kappa shape index (κ3) is 2.93. The first-order valence-electron chi connectivity index (χ1n) is 5.56. The summed E-state index contributed by atoms with van der Waals surface area (Å²) in [6, 6.07) is 3.77. The Labute approximate surface area is 90.1 Å². The van der Waals surface area contributed by atoms with E-state index < -0.39 is 0 Å². The summed E-state index contributed by atoms with van der Waals surface area (Å²) in [6.45, 7) is 0.321. The average Bonchev–Trinajstić information content (AvgIpc) is 2.31. The van der Waals surface area contributed by atoms with Crippen molar-refractivity contribution < 1.29 is 9.84 Å². The topological polar surface area (TPSA) is 42.4 Å². The Bertz CT molecular complexity index is 281. The van der Waals surface area contributed by atoms with Gasteiger partial charge in [-0.05, 0) is 43.7 Å². The highest BCUT2D eigenvalue weighted by atomic mass is 16.5. The average molecular weight is 207 g/mol. The van der Waals surface area contributed by atoms with Gasteiger partial charge in [-0.15, -0.1) is 0 Å². The van der Waals surface area contributed by atoms with Crippen LogP contribution in [0, 0.1) is 5.92 Å². The minimum Gasteiger partial charge on any atom is -0.490 e. The first-order valence-corrected chi connectivity index (χ1v) is 5.56. The molecule has 1 aliphatic rings. The van der Waals surface area contributed by atoms with Gasteiger partial charge in [0.05, 0.1) is 6.10 Å². The summed E-state index contributed by atoms with van der Waals surface area (Å²) in [5.74, 6) is 1.39. The molecule has 3 heteroatoms. The van der Waals surface area contributed by atoms with Gasteiger partial charge in [-0.1, -0.05) is 0 Å². The molecule has 0 atom stereocenters. The van der Waals surface area contributed by atoms with Crippen LogP contribution < -0.4 is 4.74 Å². The zero-order valence-electron chi connectivity index (χ0n) is 8.80. The standard InChI is InChI=1S/C12H17NO2/c14-9-10-1-3-11(4-2-10)15-12-5-7-13-8-6-12/h5-8,10-11,14H,1-4,9H2. The van der Waals surface area contributed by atoms with Crippen LogP contribution in [0.15, 0.2) is 24.5 Å². The number of rotatable bonds is 3. The van der Waals surface area contributed by atoms with E-state index in [9.17, 15) is 0 Å². The first kappa shape index (κ1) is 10.4. The van der Waals surface area contributed by atoms with Crippen molar-refractivity contribution in [3.05, 3.63) is 24.5 Å². The summed E-state index contributed by atoms with van der Waals surface area (Å²) in [7, 11) is 0. The van der Waals surface area contributed by atoms with E-state index in [4.69, 9.17) is 9.84 Å². The molecule has 1 saturated carbocycles. The third-order valence-corrected chi connectivity index (χ3v) is 3.00. The predicted octanol–water partition coefficient (Wildman–Crippen LogP) is 2.01. The molecule has 0 unspecified atom stereocenters. The van der Waals surface area contributed by atoms with Crippen LogP contribution in [0.25, 0.3) is 0 Å². The number of hydrogen-bond acceptors (Lipinski definition) is 3. The summed E-state index contributed by atoms with van der Waals surface area (Å²) in [4.78, 5) is 3.95. The van der Waals surface area contributed by atoms with Gasteiger partial charge in [0.15, 0.2) is 0 Å². The van der Waals surface area contributed by atoms with Crippen molar-refractivity contribution in [2.45, 2.75) is 31.8 Å². The van der Waals surface area contributed by atoms with Crippen molar-refractivity contribution in [2.24, 2.45) is 5.92 Å². The molecule has 0 amide bonds. The SMILES string of the molecule is OCC1CCC(Oc2ccncc2)CC1. The summed E-state index contributed by atoms with van der Waals surface area (Å²) in [5, 5.41) is 9.02. The molecule has 0 spiro atoms. The number of aliphatic hydroxyl groups excluding tert-OH is 1. The molecule has 1 aromatic heterocycles. The normalized spacial score (nSPS) is 26.2. The molecule has 0 aliphatic heterocycles. The molecule has 0 saturated heterocycles. The van der Waals surface area contributed by atoms with Gasteiger partial charge in [-0.25, -0.2) is 0 Å². The van der Waals surface area contributed by atoms with Crippen LogP contribution in [-0.4, -0.2) is 22.8 Å². The molecule has 3 nitrogen and oxygen atoms in total. The van der Waals surface area contributed by atoms with E-state index in [0.717, 1.165) is 31.4 Å². The second-order valence-electron chi connectivity index (χ2n) is 4.13. The van der Waals surface area contributed by atoms with Crippen molar-refractivity contribution >= 4 is 0 Å². The Morgan fingerprint density at radius 2 is 1.87 bits per heavy atom. The second kappa shape index (κ2) is 5.12. The number of aromatic nitrogens is 1. The van der Waals surface area contributed by atoms with Gasteiger partial charge in [-0.3, -0.25) is 4.98 Å². The highest BCUT2D eigenvalue weighted by Crippen LogP contribution is 2.26. The number of nitrogens with zero attached hydrogens (tertiary/aromatic N) is 1. The predicted molar refractivity (Wildman–Crippen MR) is 57.7 cm³/mol. The lowest BCUT2D eigenvalue weighted by molar-refractivity contribution is 0.104. The van der Waals surface area contributed by atoms with Crippen LogP contribution in [-0.2, 0) is 0 Å². The summed E-state index contributed by atoms with van der Waals surface area (Å²) < 4.78 is 5.83. The van der Waals surface area contributed by atoms with E-state index in [1.165, 1.54) is 0 Å². The van der Waals surface area contributed by atoms with Gasteiger partial charge >= 0.3 is 0 Å². The minimum atomic E-state index is 0.315. The van der Waals surface area contributed by atoms with Crippen LogP contribution in [0.1, 0.15) is 25.7 Å². The molecular weight excluding hydrogens is 190 g/mol. The number of ether oxygens (including phenoxy) is 1. The Kier molecular flexibility index (Phi) is 3.56. The molecule has 0 aromatic carbocycles. The fourth-order valence-corrected chi connectivity index (χ4v) is 2.04. The van der Waals surface area contributed by atoms with Crippen LogP contribution in [0.3, 0.4) is 0 Å². The molecular formula is C12H17NO2. The Balaban J connectivity index is 1.82. The van der Waals surface area contributed by atoms with Gasteiger partial charge in [-0.2, -0.15) is 0 Å². The van der Waals surface area contributed by atoms with E-state index >= 15 is 0 Å². The molecule has 1 fully saturated rings. The minimum absolute atomic E-state index is 0.315. The zero-order valence-corrected chi connectivity index (χ0v) is 8.80. The van der Waals surface area contributed by atoms with E-state index in [1.807, 2.05) is 12.1 Å². The highest BCUT2D eigenvalue weighted by molar-refractivity contribution is 5.17. The summed E-state index contributed by atoms with van der Waals surface area (Å²) in [6.07, 6.45) is 8.05. The van der Waals surface area contributed by atoms with E-state index in [1.54, 1.807) is 12.4 Å². The molecule has 1 aromatic rings.